The Kier molecular flexibility index (Phi) is 1.91. The smallest absolute Gasteiger partial charge is 0.290 e. The monoisotopic (exact) mass is 270 g/mol. The number of H-pyrrole nitrogens is 2. The minimum Gasteiger partial charge on any atom is -0.290 e. The van der Waals surface area contributed by atoms with Crippen LogP contribution in [0.25, 0.3) is 22.3 Å². The average molecular weight is 270 g/mol. The fourth-order valence-corrected chi connectivity index (χ4v) is 2.00. The van der Waals surface area contributed by atoms with Crippen molar-refractivity contribution in [1.29, 1.82) is 0 Å². The van der Waals surface area contributed by atoms with Crippen LogP contribution >= 0.6 is 0 Å². The van der Waals surface area contributed by atoms with Gasteiger partial charge in [-0.05, 0) is 0 Å². The Balaban J connectivity index is 2.13. The van der Waals surface area contributed by atoms with E-state index in [-0.39, 0.29) is 11.2 Å². The molecule has 0 unspecified atom stereocenters. The number of rotatable bonds is 1. The van der Waals surface area contributed by atoms with E-state index >= 15 is 0 Å². The molecular formula is C10H6N8O2. The van der Waals surface area contributed by atoms with Gasteiger partial charge in [-0.15, -0.1) is 0 Å². The van der Waals surface area contributed by atoms with E-state index in [0.29, 0.717) is 11.2 Å². The van der Waals surface area contributed by atoms with Crippen LogP contribution in [0.1, 0.15) is 0 Å². The van der Waals surface area contributed by atoms with Gasteiger partial charge in [-0.1, -0.05) is 0 Å². The van der Waals surface area contributed by atoms with E-state index in [1.165, 1.54) is 23.7 Å². The van der Waals surface area contributed by atoms with E-state index < -0.39 is 11.2 Å². The van der Waals surface area contributed by atoms with Gasteiger partial charge in [0.1, 0.15) is 24.5 Å². The van der Waals surface area contributed by atoms with Crippen molar-refractivity contribution in [1.82, 2.24) is 39.3 Å². The van der Waals surface area contributed by atoms with Gasteiger partial charge in [-0.25, -0.2) is 34.1 Å². The van der Waals surface area contributed by atoms with Crippen molar-refractivity contribution in [2.45, 2.75) is 0 Å². The minimum atomic E-state index is -0.608. The Hall–Kier alpha value is -3.30. The number of aromatic amines is 2. The molecule has 4 aromatic rings. The predicted octanol–water partition coefficient (Wildman–Crippen LogP) is -1.14. The molecule has 4 aromatic heterocycles. The fourth-order valence-electron chi connectivity index (χ4n) is 2.00. The van der Waals surface area contributed by atoms with Gasteiger partial charge in [0.25, 0.3) is 5.56 Å². The van der Waals surface area contributed by atoms with E-state index in [1.807, 2.05) is 0 Å². The molecule has 0 bridgehead atoms. The molecule has 0 saturated carbocycles. The summed E-state index contributed by atoms with van der Waals surface area (Å²) in [5, 5.41) is 0. The highest BCUT2D eigenvalue weighted by molar-refractivity contribution is 5.72. The summed E-state index contributed by atoms with van der Waals surface area (Å²) >= 11 is 0. The highest BCUT2D eigenvalue weighted by Gasteiger charge is 2.12. The van der Waals surface area contributed by atoms with Crippen LogP contribution in [-0.2, 0) is 0 Å². The summed E-state index contributed by atoms with van der Waals surface area (Å²) in [5.74, 6) is 0. The lowest BCUT2D eigenvalue weighted by Crippen LogP contribution is -2.23. The fraction of sp³-hybridized carbons (Fsp3) is 0. The number of nitrogens with one attached hydrogen (secondary N) is 2. The zero-order chi connectivity index (χ0) is 13.7. The Morgan fingerprint density at radius 3 is 2.75 bits per heavy atom. The lowest BCUT2D eigenvalue weighted by molar-refractivity contribution is 0.686. The lowest BCUT2D eigenvalue weighted by Gasteiger charge is -2.04. The number of hydrogen-bond donors (Lipinski definition) is 2. The predicted molar refractivity (Wildman–Crippen MR) is 67.1 cm³/mol. The summed E-state index contributed by atoms with van der Waals surface area (Å²) in [7, 11) is 0. The molecule has 0 aliphatic rings. The molecule has 0 aliphatic heterocycles. The lowest BCUT2D eigenvalue weighted by atomic mass is 10.5. The molecule has 0 spiro atoms. The normalized spacial score (nSPS) is 11.4. The molecule has 20 heavy (non-hydrogen) atoms. The van der Waals surface area contributed by atoms with Gasteiger partial charge < -0.3 is 0 Å². The molecule has 0 atom stereocenters. The number of fused-ring (bicyclic) bond motifs is 2. The zero-order valence-electron chi connectivity index (χ0n) is 9.81. The average Bonchev–Trinajstić information content (AvgIpc) is 3.02. The number of nitrogens with zero attached hydrogens (tertiary/aromatic N) is 6. The van der Waals surface area contributed by atoms with Crippen LogP contribution in [0.15, 0.2) is 34.8 Å². The van der Waals surface area contributed by atoms with Gasteiger partial charge in [0, 0.05) is 0 Å². The van der Waals surface area contributed by atoms with Crippen molar-refractivity contribution in [3.05, 3.63) is 46.0 Å². The summed E-state index contributed by atoms with van der Waals surface area (Å²) in [6.45, 7) is 0. The molecular weight excluding hydrogens is 264 g/mol. The third kappa shape index (κ3) is 1.32. The topological polar surface area (TPSA) is 127 Å². The highest BCUT2D eigenvalue weighted by Crippen LogP contribution is 2.10. The second-order valence-corrected chi connectivity index (χ2v) is 4.02. The Bertz CT molecular complexity index is 1050. The van der Waals surface area contributed by atoms with Crippen molar-refractivity contribution in [2.75, 3.05) is 0 Å². The van der Waals surface area contributed by atoms with Crippen LogP contribution in [0.5, 0.6) is 0 Å². The molecule has 0 radical (unpaired) electrons. The molecule has 10 nitrogen and oxygen atoms in total. The molecule has 4 rings (SSSR count). The second kappa shape index (κ2) is 3.60. The first-order chi connectivity index (χ1) is 9.74. The van der Waals surface area contributed by atoms with Gasteiger partial charge in [0.2, 0.25) is 0 Å². The van der Waals surface area contributed by atoms with Crippen molar-refractivity contribution < 1.29 is 0 Å². The molecule has 0 aromatic carbocycles. The van der Waals surface area contributed by atoms with Gasteiger partial charge in [0.05, 0.1) is 6.20 Å². The molecule has 0 saturated heterocycles. The standard InChI is InChI=1S/C10H6N8O2/c19-9-6-8(15-10(20)16-9)18(4-14-6)17-3-13-5-1-11-2-12-7(5)17/h1-4H,(H2,15,16,19,20). The number of aromatic nitrogens is 8. The largest absolute Gasteiger partial charge is 0.327 e. The maximum atomic E-state index is 11.6. The number of hydrogen-bond acceptors (Lipinski definition) is 6. The Morgan fingerprint density at radius 2 is 1.85 bits per heavy atom. The molecule has 0 aliphatic carbocycles. The SMILES string of the molecule is O=c1[nH]c(=O)c2ncn(-n3cnc4cncnc43)c2[nH]1. The summed E-state index contributed by atoms with van der Waals surface area (Å²) in [4.78, 5) is 43.8. The van der Waals surface area contributed by atoms with Crippen LogP contribution in [0, 0.1) is 0 Å². The van der Waals surface area contributed by atoms with Gasteiger partial charge in [-0.3, -0.25) is 14.8 Å². The van der Waals surface area contributed by atoms with Crippen LogP contribution in [0.3, 0.4) is 0 Å². The number of imidazole rings is 2. The first-order valence-electron chi connectivity index (χ1n) is 5.57. The van der Waals surface area contributed by atoms with E-state index in [1.54, 1.807) is 10.9 Å². The van der Waals surface area contributed by atoms with E-state index in [9.17, 15) is 9.59 Å². The van der Waals surface area contributed by atoms with Crippen molar-refractivity contribution in [2.24, 2.45) is 0 Å². The summed E-state index contributed by atoms with van der Waals surface area (Å²) in [6, 6.07) is 0. The van der Waals surface area contributed by atoms with Crippen LogP contribution in [0.2, 0.25) is 0 Å². The molecule has 10 heteroatoms. The zero-order valence-corrected chi connectivity index (χ0v) is 9.81. The van der Waals surface area contributed by atoms with Gasteiger partial charge in [0.15, 0.2) is 16.8 Å². The first-order valence-corrected chi connectivity index (χ1v) is 5.57. The molecule has 4 heterocycles. The van der Waals surface area contributed by atoms with Crippen LogP contribution in [0.4, 0.5) is 0 Å². The molecule has 98 valence electrons. The summed E-state index contributed by atoms with van der Waals surface area (Å²) in [6.07, 6.45) is 5.85. The van der Waals surface area contributed by atoms with E-state index in [4.69, 9.17) is 0 Å². The Morgan fingerprint density at radius 1 is 1.00 bits per heavy atom. The maximum Gasteiger partial charge on any atom is 0.327 e. The van der Waals surface area contributed by atoms with E-state index in [2.05, 4.69) is 29.9 Å². The highest BCUT2D eigenvalue weighted by atomic mass is 16.2. The van der Waals surface area contributed by atoms with Gasteiger partial charge >= 0.3 is 5.69 Å². The van der Waals surface area contributed by atoms with Crippen LogP contribution in [-0.4, -0.2) is 39.3 Å². The second-order valence-electron chi connectivity index (χ2n) is 4.02. The molecule has 0 amide bonds. The quantitative estimate of drug-likeness (QED) is 0.450. The van der Waals surface area contributed by atoms with Crippen molar-refractivity contribution >= 4 is 22.3 Å². The summed E-state index contributed by atoms with van der Waals surface area (Å²) < 4.78 is 3.04. The molecule has 2 N–H and O–H groups in total. The minimum absolute atomic E-state index is 0.125. The first kappa shape index (κ1) is 10.6. The third-order valence-electron chi connectivity index (χ3n) is 2.85. The van der Waals surface area contributed by atoms with Gasteiger partial charge in [-0.2, -0.15) is 0 Å². The molecule has 0 fully saturated rings. The maximum absolute atomic E-state index is 11.6. The van der Waals surface area contributed by atoms with Crippen LogP contribution < -0.4 is 11.2 Å². The Labute approximate surface area is 108 Å². The third-order valence-corrected chi connectivity index (χ3v) is 2.85. The summed E-state index contributed by atoms with van der Waals surface area (Å²) in [5.41, 5.74) is 0.337. The van der Waals surface area contributed by atoms with Crippen molar-refractivity contribution in [3.63, 3.8) is 0 Å². The van der Waals surface area contributed by atoms with E-state index in [0.717, 1.165) is 0 Å². The van der Waals surface area contributed by atoms with Crippen molar-refractivity contribution in [3.8, 4) is 0 Å².